The summed E-state index contributed by atoms with van der Waals surface area (Å²) in [6, 6.07) is 12.5. The van der Waals surface area contributed by atoms with E-state index in [9.17, 15) is 23.6 Å². The molecule has 9 heteroatoms. The zero-order valence-electron chi connectivity index (χ0n) is 21.7. The van der Waals surface area contributed by atoms with Crippen molar-refractivity contribution in [3.63, 3.8) is 0 Å². The number of likely N-dealkylation sites (tertiary alicyclic amines) is 1. The maximum absolute atomic E-state index is 14.8. The minimum Gasteiger partial charge on any atom is -0.341 e. The molecule has 1 spiro atoms. The molecule has 2 aromatic carbocycles. The number of nitrogens with one attached hydrogen (secondary N) is 1. The number of piperidine rings is 1. The van der Waals surface area contributed by atoms with Crippen LogP contribution in [0.25, 0.3) is 0 Å². The van der Waals surface area contributed by atoms with Crippen LogP contribution in [0.1, 0.15) is 49.5 Å². The van der Waals surface area contributed by atoms with Gasteiger partial charge in [-0.05, 0) is 48.9 Å². The topological polar surface area (TPSA) is 90.0 Å². The highest BCUT2D eigenvalue weighted by Gasteiger charge is 2.58. The Balaban J connectivity index is 1.52. The van der Waals surface area contributed by atoms with Gasteiger partial charge in [0.15, 0.2) is 0 Å². The number of anilines is 1. The second-order valence-electron chi connectivity index (χ2n) is 10.0. The third-order valence-electron chi connectivity index (χ3n) is 7.45. The standard InChI is InChI=1S/C28H33FN4O4/c1-5-19-10-9-13-21(22(19)29)24(34)30-23(18(2)3)25(35)32-16-14-28(15-17-32)26(36)31(4)27(37)33(28)20-11-7-6-8-12-20/h6-13,18,23H,5,14-17H2,1-4H3,(H,30,34). The van der Waals surface area contributed by atoms with Gasteiger partial charge in [0.2, 0.25) is 5.91 Å². The van der Waals surface area contributed by atoms with Gasteiger partial charge >= 0.3 is 6.03 Å². The van der Waals surface area contributed by atoms with E-state index < -0.39 is 23.3 Å². The van der Waals surface area contributed by atoms with Crippen LogP contribution in [-0.4, -0.2) is 65.3 Å². The first-order chi connectivity index (χ1) is 17.6. The minimum atomic E-state index is -1.07. The number of urea groups is 1. The van der Waals surface area contributed by atoms with Crippen LogP contribution in [0.5, 0.6) is 0 Å². The molecule has 0 aromatic heterocycles. The summed E-state index contributed by atoms with van der Waals surface area (Å²) in [5, 5.41) is 2.73. The van der Waals surface area contributed by atoms with E-state index in [0.717, 1.165) is 4.90 Å². The molecule has 1 unspecified atom stereocenters. The fourth-order valence-corrected chi connectivity index (χ4v) is 5.25. The summed E-state index contributed by atoms with van der Waals surface area (Å²) >= 11 is 0. The quantitative estimate of drug-likeness (QED) is 0.604. The number of nitrogens with zero attached hydrogens (tertiary/aromatic N) is 3. The van der Waals surface area contributed by atoms with Gasteiger partial charge < -0.3 is 10.2 Å². The first-order valence-corrected chi connectivity index (χ1v) is 12.7. The van der Waals surface area contributed by atoms with E-state index in [1.807, 2.05) is 39.0 Å². The number of halogens is 1. The summed E-state index contributed by atoms with van der Waals surface area (Å²) < 4.78 is 14.8. The molecule has 5 amide bonds. The molecular formula is C28H33FN4O4. The van der Waals surface area contributed by atoms with Gasteiger partial charge in [0, 0.05) is 25.8 Å². The third-order valence-corrected chi connectivity index (χ3v) is 7.45. The molecule has 1 atom stereocenters. The largest absolute Gasteiger partial charge is 0.341 e. The van der Waals surface area contributed by atoms with Gasteiger partial charge in [-0.1, -0.05) is 51.1 Å². The first kappa shape index (κ1) is 26.3. The molecule has 37 heavy (non-hydrogen) atoms. The first-order valence-electron chi connectivity index (χ1n) is 12.7. The van der Waals surface area contributed by atoms with Crippen molar-refractivity contribution in [2.45, 2.75) is 51.6 Å². The van der Waals surface area contributed by atoms with Crippen molar-refractivity contribution in [1.82, 2.24) is 15.1 Å². The molecule has 0 aliphatic carbocycles. The molecule has 0 bridgehead atoms. The maximum atomic E-state index is 14.8. The predicted octanol–water partition coefficient (Wildman–Crippen LogP) is 3.60. The number of imide groups is 1. The Hall–Kier alpha value is -3.75. The molecule has 8 nitrogen and oxygen atoms in total. The molecule has 196 valence electrons. The minimum absolute atomic E-state index is 0.0907. The summed E-state index contributed by atoms with van der Waals surface area (Å²) in [6.07, 6.45) is 0.994. The second-order valence-corrected chi connectivity index (χ2v) is 10.0. The smallest absolute Gasteiger partial charge is 0.331 e. The van der Waals surface area contributed by atoms with Gasteiger partial charge in [0.05, 0.1) is 5.56 Å². The Morgan fingerprint density at radius 2 is 1.68 bits per heavy atom. The molecule has 1 N–H and O–H groups in total. The van der Waals surface area contributed by atoms with Crippen LogP contribution in [0.15, 0.2) is 48.5 Å². The monoisotopic (exact) mass is 508 g/mol. The Morgan fingerprint density at radius 3 is 2.27 bits per heavy atom. The molecule has 4 rings (SSSR count). The van der Waals surface area contributed by atoms with Crippen molar-refractivity contribution in [3.05, 3.63) is 65.5 Å². The van der Waals surface area contributed by atoms with E-state index in [1.165, 1.54) is 13.1 Å². The normalized spacial score (nSPS) is 18.1. The number of carbonyl (C=O) groups is 4. The molecule has 0 saturated carbocycles. The van der Waals surface area contributed by atoms with Crippen LogP contribution in [0, 0.1) is 11.7 Å². The van der Waals surface area contributed by atoms with Crippen LogP contribution < -0.4 is 10.2 Å². The van der Waals surface area contributed by atoms with Crippen LogP contribution in [-0.2, 0) is 16.0 Å². The van der Waals surface area contributed by atoms with Crippen LogP contribution in [0.3, 0.4) is 0 Å². The average molecular weight is 509 g/mol. The van der Waals surface area contributed by atoms with E-state index in [1.54, 1.807) is 34.1 Å². The number of rotatable bonds is 6. The molecular weight excluding hydrogens is 475 g/mol. The number of likely N-dealkylation sites (N-methyl/N-ethyl adjacent to an activating group) is 1. The van der Waals surface area contributed by atoms with Gasteiger partial charge in [0.1, 0.15) is 17.4 Å². The van der Waals surface area contributed by atoms with Gasteiger partial charge in [-0.25, -0.2) is 9.18 Å². The molecule has 2 saturated heterocycles. The number of hydrogen-bond acceptors (Lipinski definition) is 4. The van der Waals surface area contributed by atoms with Crippen LogP contribution >= 0.6 is 0 Å². The maximum Gasteiger partial charge on any atom is 0.331 e. The summed E-state index contributed by atoms with van der Waals surface area (Å²) in [5.74, 6) is -2.03. The predicted molar refractivity (Wildman–Crippen MR) is 138 cm³/mol. The van der Waals surface area contributed by atoms with Crippen molar-refractivity contribution in [2.24, 2.45) is 5.92 Å². The van der Waals surface area contributed by atoms with E-state index in [2.05, 4.69) is 5.32 Å². The van der Waals surface area contributed by atoms with E-state index in [4.69, 9.17) is 0 Å². The van der Waals surface area contributed by atoms with Crippen LogP contribution in [0.2, 0.25) is 0 Å². The lowest BCUT2D eigenvalue weighted by atomic mass is 9.85. The fourth-order valence-electron chi connectivity index (χ4n) is 5.25. The number of benzene rings is 2. The number of aryl methyl sites for hydroxylation is 1. The molecule has 2 aromatic rings. The van der Waals surface area contributed by atoms with E-state index in [0.29, 0.717) is 17.7 Å². The molecule has 2 aliphatic heterocycles. The van der Waals surface area contributed by atoms with Crippen molar-refractivity contribution < 1.29 is 23.6 Å². The molecule has 2 fully saturated rings. The SMILES string of the molecule is CCc1cccc(C(=O)NC(C(=O)N2CCC3(CC2)C(=O)N(C)C(=O)N3c2ccccc2)C(C)C)c1F. The number of hydrogen-bond donors (Lipinski definition) is 1. The summed E-state index contributed by atoms with van der Waals surface area (Å²) in [6.45, 7) is 5.93. The Bertz CT molecular complexity index is 1210. The summed E-state index contributed by atoms with van der Waals surface area (Å²) in [4.78, 5) is 57.0. The number of carbonyl (C=O) groups excluding carboxylic acids is 4. The molecule has 2 heterocycles. The Kier molecular flexibility index (Phi) is 7.34. The molecule has 0 radical (unpaired) electrons. The van der Waals surface area contributed by atoms with Gasteiger partial charge in [-0.2, -0.15) is 0 Å². The zero-order chi connectivity index (χ0) is 26.9. The Labute approximate surface area is 216 Å². The van der Waals surface area contributed by atoms with Gasteiger partial charge in [0.25, 0.3) is 11.8 Å². The fraction of sp³-hybridized carbons (Fsp3) is 0.429. The number of para-hydroxylation sites is 1. The average Bonchev–Trinajstić information content (AvgIpc) is 3.08. The highest BCUT2D eigenvalue weighted by Crippen LogP contribution is 2.40. The summed E-state index contributed by atoms with van der Waals surface area (Å²) in [7, 11) is 1.48. The highest BCUT2D eigenvalue weighted by atomic mass is 19.1. The van der Waals surface area contributed by atoms with Crippen molar-refractivity contribution in [3.8, 4) is 0 Å². The van der Waals surface area contributed by atoms with Gasteiger partial charge in [-0.3, -0.25) is 24.2 Å². The van der Waals surface area contributed by atoms with Crippen molar-refractivity contribution >= 4 is 29.4 Å². The number of amides is 5. The van der Waals surface area contributed by atoms with Crippen molar-refractivity contribution in [2.75, 3.05) is 25.0 Å². The highest BCUT2D eigenvalue weighted by molar-refractivity contribution is 6.16. The second kappa shape index (κ2) is 10.3. The Morgan fingerprint density at radius 1 is 1.03 bits per heavy atom. The summed E-state index contributed by atoms with van der Waals surface area (Å²) in [5.41, 5.74) is -0.0877. The van der Waals surface area contributed by atoms with Gasteiger partial charge in [-0.15, -0.1) is 0 Å². The lowest BCUT2D eigenvalue weighted by molar-refractivity contribution is -0.139. The van der Waals surface area contributed by atoms with Crippen molar-refractivity contribution in [1.29, 1.82) is 0 Å². The van der Waals surface area contributed by atoms with Crippen LogP contribution in [0.4, 0.5) is 14.9 Å². The third kappa shape index (κ3) is 4.58. The zero-order valence-corrected chi connectivity index (χ0v) is 21.7. The van der Waals surface area contributed by atoms with E-state index in [-0.39, 0.29) is 55.3 Å². The van der Waals surface area contributed by atoms with E-state index >= 15 is 0 Å². The lowest BCUT2D eigenvalue weighted by Gasteiger charge is -2.43. The molecule has 2 aliphatic rings. The lowest BCUT2D eigenvalue weighted by Crippen LogP contribution is -2.60.